The van der Waals surface area contributed by atoms with Gasteiger partial charge in [-0.2, -0.15) is 0 Å². The van der Waals surface area contributed by atoms with Gasteiger partial charge in [-0.3, -0.25) is 0 Å². The molecular formula is C11H18. The fourth-order valence-electron chi connectivity index (χ4n) is 1.66. The van der Waals surface area contributed by atoms with E-state index in [4.69, 9.17) is 0 Å². The van der Waals surface area contributed by atoms with Gasteiger partial charge in [0.2, 0.25) is 0 Å². The molecule has 0 fully saturated rings. The third-order valence-corrected chi connectivity index (χ3v) is 2.31. The van der Waals surface area contributed by atoms with Crippen molar-refractivity contribution in [1.82, 2.24) is 0 Å². The van der Waals surface area contributed by atoms with Crippen LogP contribution in [0.3, 0.4) is 0 Å². The van der Waals surface area contributed by atoms with Crippen molar-refractivity contribution in [2.45, 2.75) is 46.5 Å². The summed E-state index contributed by atoms with van der Waals surface area (Å²) in [6.07, 6.45) is 7.53. The number of hydrogen-bond acceptors (Lipinski definition) is 0. The summed E-state index contributed by atoms with van der Waals surface area (Å²) in [4.78, 5) is 0. The Morgan fingerprint density at radius 1 is 1.36 bits per heavy atom. The summed E-state index contributed by atoms with van der Waals surface area (Å²) in [5.41, 5.74) is 4.73. The van der Waals surface area contributed by atoms with Gasteiger partial charge in [0.1, 0.15) is 0 Å². The summed E-state index contributed by atoms with van der Waals surface area (Å²) in [5.74, 6) is 0. The van der Waals surface area contributed by atoms with Crippen LogP contribution in [0.1, 0.15) is 46.5 Å². The number of hydrogen-bond donors (Lipinski definition) is 0. The molecule has 0 amide bonds. The molecule has 0 unspecified atom stereocenters. The topological polar surface area (TPSA) is 0 Å². The fraction of sp³-hybridized carbons (Fsp3) is 0.636. The van der Waals surface area contributed by atoms with Crippen LogP contribution in [0.5, 0.6) is 0 Å². The number of allylic oxidation sites excluding steroid dienone is 4. The van der Waals surface area contributed by atoms with E-state index in [-0.39, 0.29) is 0 Å². The van der Waals surface area contributed by atoms with Crippen molar-refractivity contribution in [2.24, 2.45) is 0 Å². The van der Waals surface area contributed by atoms with E-state index >= 15 is 0 Å². The van der Waals surface area contributed by atoms with Gasteiger partial charge in [-0.15, -0.1) is 0 Å². The second-order valence-electron chi connectivity index (χ2n) is 3.58. The monoisotopic (exact) mass is 150 g/mol. The molecule has 0 aromatic carbocycles. The highest BCUT2D eigenvalue weighted by atomic mass is 14.1. The normalized spacial score (nSPS) is 17.5. The molecule has 0 heterocycles. The van der Waals surface area contributed by atoms with Gasteiger partial charge in [0.25, 0.3) is 0 Å². The van der Waals surface area contributed by atoms with Crippen LogP contribution in [0.15, 0.2) is 22.8 Å². The molecule has 0 spiro atoms. The minimum absolute atomic E-state index is 1.22. The van der Waals surface area contributed by atoms with Crippen LogP contribution in [-0.2, 0) is 0 Å². The van der Waals surface area contributed by atoms with Gasteiger partial charge in [-0.1, -0.05) is 30.6 Å². The van der Waals surface area contributed by atoms with Crippen LogP contribution in [0, 0.1) is 0 Å². The average Bonchev–Trinajstić information content (AvgIpc) is 2.26. The van der Waals surface area contributed by atoms with Crippen molar-refractivity contribution in [2.75, 3.05) is 0 Å². The lowest BCUT2D eigenvalue weighted by Crippen LogP contribution is -1.79. The summed E-state index contributed by atoms with van der Waals surface area (Å²) < 4.78 is 0. The quantitative estimate of drug-likeness (QED) is 0.573. The van der Waals surface area contributed by atoms with Crippen LogP contribution >= 0.6 is 0 Å². The third kappa shape index (κ3) is 2.21. The largest absolute Gasteiger partial charge is 0.0690 e. The lowest BCUT2D eigenvalue weighted by molar-refractivity contribution is 0.794. The molecule has 0 aromatic heterocycles. The van der Waals surface area contributed by atoms with Gasteiger partial charge in [0.15, 0.2) is 0 Å². The summed E-state index contributed by atoms with van der Waals surface area (Å²) in [5, 5.41) is 0. The fourth-order valence-corrected chi connectivity index (χ4v) is 1.66. The van der Waals surface area contributed by atoms with Crippen molar-refractivity contribution in [1.29, 1.82) is 0 Å². The maximum atomic E-state index is 2.37. The molecule has 1 aliphatic carbocycles. The molecule has 62 valence electrons. The molecule has 0 atom stereocenters. The molecule has 1 rings (SSSR count). The molecular weight excluding hydrogens is 132 g/mol. The van der Waals surface area contributed by atoms with Crippen molar-refractivity contribution in [3.05, 3.63) is 22.8 Å². The molecule has 0 nitrogen and oxygen atoms in total. The Kier molecular flexibility index (Phi) is 2.92. The molecule has 0 heteroatoms. The summed E-state index contributed by atoms with van der Waals surface area (Å²) >= 11 is 0. The Bertz CT molecular complexity index is 194. The zero-order valence-corrected chi connectivity index (χ0v) is 7.91. The van der Waals surface area contributed by atoms with Gasteiger partial charge in [-0.25, -0.2) is 0 Å². The Morgan fingerprint density at radius 2 is 2.09 bits per heavy atom. The first-order chi connectivity index (χ1) is 5.24. The molecule has 0 bridgehead atoms. The molecule has 0 radical (unpaired) electrons. The second-order valence-corrected chi connectivity index (χ2v) is 3.58. The first-order valence-electron chi connectivity index (χ1n) is 4.60. The van der Waals surface area contributed by atoms with Gasteiger partial charge in [0.05, 0.1) is 0 Å². The van der Waals surface area contributed by atoms with Gasteiger partial charge >= 0.3 is 0 Å². The zero-order valence-electron chi connectivity index (χ0n) is 7.91. The van der Waals surface area contributed by atoms with Crippen molar-refractivity contribution in [3.63, 3.8) is 0 Å². The Morgan fingerprint density at radius 3 is 2.55 bits per heavy atom. The third-order valence-electron chi connectivity index (χ3n) is 2.31. The number of unbranched alkanes of at least 4 members (excludes halogenated alkanes) is 1. The summed E-state index contributed by atoms with van der Waals surface area (Å²) in [7, 11) is 0. The van der Waals surface area contributed by atoms with Gasteiger partial charge < -0.3 is 0 Å². The lowest BCUT2D eigenvalue weighted by atomic mass is 10.1. The van der Waals surface area contributed by atoms with Crippen molar-refractivity contribution < 1.29 is 0 Å². The standard InChI is InChI=1S/C11H18/c1-4-5-6-11-8-9(2)7-10(11)3/h8H,4-7H2,1-3H3. The highest BCUT2D eigenvalue weighted by Crippen LogP contribution is 2.27. The average molecular weight is 150 g/mol. The molecule has 0 N–H and O–H groups in total. The molecule has 11 heavy (non-hydrogen) atoms. The van der Waals surface area contributed by atoms with Crippen molar-refractivity contribution in [3.8, 4) is 0 Å². The minimum Gasteiger partial charge on any atom is -0.0690 e. The van der Waals surface area contributed by atoms with E-state index in [9.17, 15) is 0 Å². The molecule has 0 saturated carbocycles. The van der Waals surface area contributed by atoms with Gasteiger partial charge in [-0.05, 0) is 38.7 Å². The Hall–Kier alpha value is -0.520. The SMILES string of the molecule is CCCCC1=C(C)CC(C)=C1. The molecule has 0 aliphatic heterocycles. The van der Waals surface area contributed by atoms with Crippen LogP contribution in [0.2, 0.25) is 0 Å². The first-order valence-corrected chi connectivity index (χ1v) is 4.60. The van der Waals surface area contributed by atoms with Crippen LogP contribution in [-0.4, -0.2) is 0 Å². The molecule has 0 aromatic rings. The van der Waals surface area contributed by atoms with E-state index in [2.05, 4.69) is 26.8 Å². The lowest BCUT2D eigenvalue weighted by Gasteiger charge is -1.99. The predicted octanol–water partition coefficient (Wildman–Crippen LogP) is 3.84. The van der Waals surface area contributed by atoms with Crippen molar-refractivity contribution >= 4 is 0 Å². The Balaban J connectivity index is 2.48. The maximum absolute atomic E-state index is 2.37. The minimum atomic E-state index is 1.22. The van der Waals surface area contributed by atoms with Gasteiger partial charge in [0, 0.05) is 0 Å². The van der Waals surface area contributed by atoms with E-state index in [0.29, 0.717) is 0 Å². The van der Waals surface area contributed by atoms with Crippen LogP contribution < -0.4 is 0 Å². The zero-order chi connectivity index (χ0) is 8.27. The first kappa shape index (κ1) is 8.58. The van der Waals surface area contributed by atoms with E-state index in [0.717, 1.165) is 0 Å². The van der Waals surface area contributed by atoms with E-state index in [1.165, 1.54) is 31.3 Å². The second kappa shape index (κ2) is 3.75. The van der Waals surface area contributed by atoms with Crippen LogP contribution in [0.25, 0.3) is 0 Å². The smallest absolute Gasteiger partial charge is 0.0105 e. The number of rotatable bonds is 3. The highest BCUT2D eigenvalue weighted by molar-refractivity contribution is 5.37. The predicted molar refractivity (Wildman–Crippen MR) is 50.6 cm³/mol. The maximum Gasteiger partial charge on any atom is -0.0105 e. The molecule has 1 aliphatic rings. The van der Waals surface area contributed by atoms with E-state index < -0.39 is 0 Å². The summed E-state index contributed by atoms with van der Waals surface area (Å²) in [6, 6.07) is 0. The van der Waals surface area contributed by atoms with E-state index in [1.54, 1.807) is 11.1 Å². The Labute approximate surface area is 70.0 Å². The molecule has 0 saturated heterocycles. The van der Waals surface area contributed by atoms with Crippen LogP contribution in [0.4, 0.5) is 0 Å². The highest BCUT2D eigenvalue weighted by Gasteiger charge is 2.07. The summed E-state index contributed by atoms with van der Waals surface area (Å²) in [6.45, 7) is 6.74. The van der Waals surface area contributed by atoms with E-state index in [1.807, 2.05) is 0 Å².